The number of halogens is 1. The summed E-state index contributed by atoms with van der Waals surface area (Å²) < 4.78 is 36.1. The minimum Gasteiger partial charge on any atom is -0.497 e. The third-order valence-corrected chi connectivity index (χ3v) is 7.56. The Morgan fingerprint density at radius 2 is 1.89 bits per heavy atom. The Balaban J connectivity index is 1.56. The molecule has 38 heavy (non-hydrogen) atoms. The monoisotopic (exact) mass is 521 g/mol. The van der Waals surface area contributed by atoms with Crippen LogP contribution in [0.2, 0.25) is 0 Å². The first-order valence-electron chi connectivity index (χ1n) is 12.9. The highest BCUT2D eigenvalue weighted by Crippen LogP contribution is 2.48. The lowest BCUT2D eigenvalue weighted by molar-refractivity contribution is -0.142. The van der Waals surface area contributed by atoms with E-state index >= 15 is 0 Å². The summed E-state index contributed by atoms with van der Waals surface area (Å²) in [7, 11) is 3.12. The Hall–Kier alpha value is -3.65. The summed E-state index contributed by atoms with van der Waals surface area (Å²) in [6, 6.07) is 11.6. The molecular weight excluding hydrogens is 489 g/mol. The fraction of sp³-hybridized carbons (Fsp3) is 0.400. The fourth-order valence-electron chi connectivity index (χ4n) is 5.68. The van der Waals surface area contributed by atoms with Crippen LogP contribution in [0.15, 0.2) is 65.0 Å². The van der Waals surface area contributed by atoms with Crippen LogP contribution in [0, 0.1) is 5.82 Å². The molecule has 5 rings (SSSR count). The number of hydrogen-bond acceptors (Lipinski definition) is 7. The molecule has 0 radical (unpaired) electrons. The van der Waals surface area contributed by atoms with Gasteiger partial charge in [0, 0.05) is 35.6 Å². The first kappa shape index (κ1) is 26.0. The SMILES string of the molecule is COc1ccc(OC)c([C@H]2C(C(=O)OC[C@H]3CCCO3)=C(C)NC3=C2C(=O)C[C@@H](c2ccc(F)cc2)C3)c1. The molecule has 2 aromatic rings. The largest absolute Gasteiger partial charge is 0.497 e. The Labute approximate surface area is 221 Å². The quantitative estimate of drug-likeness (QED) is 0.518. The number of nitrogens with one attached hydrogen (secondary N) is 1. The summed E-state index contributed by atoms with van der Waals surface area (Å²) in [5.41, 5.74) is 3.79. The van der Waals surface area contributed by atoms with Gasteiger partial charge in [0.1, 0.15) is 23.9 Å². The van der Waals surface area contributed by atoms with E-state index in [0.29, 0.717) is 46.9 Å². The van der Waals surface area contributed by atoms with Gasteiger partial charge < -0.3 is 24.3 Å². The molecule has 1 fully saturated rings. The van der Waals surface area contributed by atoms with Crippen molar-refractivity contribution in [3.63, 3.8) is 0 Å². The van der Waals surface area contributed by atoms with Gasteiger partial charge in [-0.3, -0.25) is 4.79 Å². The molecule has 2 aliphatic heterocycles. The van der Waals surface area contributed by atoms with Gasteiger partial charge in [0.25, 0.3) is 0 Å². The van der Waals surface area contributed by atoms with Crippen LogP contribution in [0.3, 0.4) is 0 Å². The van der Waals surface area contributed by atoms with Crippen molar-refractivity contribution in [2.45, 2.75) is 50.5 Å². The molecule has 1 aliphatic carbocycles. The van der Waals surface area contributed by atoms with Crippen molar-refractivity contribution in [3.05, 3.63) is 81.9 Å². The van der Waals surface area contributed by atoms with Crippen molar-refractivity contribution in [3.8, 4) is 11.5 Å². The molecule has 1 N–H and O–H groups in total. The number of ketones is 1. The van der Waals surface area contributed by atoms with E-state index in [-0.39, 0.29) is 36.7 Å². The average molecular weight is 522 g/mol. The van der Waals surface area contributed by atoms with Gasteiger partial charge in [-0.25, -0.2) is 9.18 Å². The number of benzene rings is 2. The maximum atomic E-state index is 13.8. The van der Waals surface area contributed by atoms with E-state index < -0.39 is 11.9 Å². The highest BCUT2D eigenvalue weighted by molar-refractivity contribution is 6.04. The van der Waals surface area contributed by atoms with E-state index in [0.717, 1.165) is 24.1 Å². The van der Waals surface area contributed by atoms with Crippen molar-refractivity contribution in [2.75, 3.05) is 27.4 Å². The molecule has 0 saturated carbocycles. The third kappa shape index (κ3) is 5.05. The highest BCUT2D eigenvalue weighted by Gasteiger charge is 2.42. The zero-order valence-electron chi connectivity index (χ0n) is 21.8. The summed E-state index contributed by atoms with van der Waals surface area (Å²) in [4.78, 5) is 27.4. The van der Waals surface area contributed by atoms with Crippen molar-refractivity contribution in [1.29, 1.82) is 0 Å². The first-order chi connectivity index (χ1) is 18.4. The molecule has 8 heteroatoms. The van der Waals surface area contributed by atoms with Gasteiger partial charge in [-0.2, -0.15) is 0 Å². The van der Waals surface area contributed by atoms with Gasteiger partial charge in [-0.05, 0) is 68.0 Å². The average Bonchev–Trinajstić information content (AvgIpc) is 3.44. The molecule has 7 nitrogen and oxygen atoms in total. The van der Waals surface area contributed by atoms with Crippen LogP contribution >= 0.6 is 0 Å². The molecule has 0 unspecified atom stereocenters. The van der Waals surface area contributed by atoms with Gasteiger partial charge in [0.15, 0.2) is 5.78 Å². The Bertz CT molecular complexity index is 1290. The minimum absolute atomic E-state index is 0.0834. The van der Waals surface area contributed by atoms with Gasteiger partial charge in [0.2, 0.25) is 0 Å². The number of dihydropyridines is 1. The van der Waals surface area contributed by atoms with E-state index in [1.54, 1.807) is 44.6 Å². The maximum Gasteiger partial charge on any atom is 0.336 e. The molecule has 0 bridgehead atoms. The molecule has 2 heterocycles. The summed E-state index contributed by atoms with van der Waals surface area (Å²) >= 11 is 0. The van der Waals surface area contributed by atoms with Crippen LogP contribution in [0.25, 0.3) is 0 Å². The minimum atomic E-state index is -0.699. The number of allylic oxidation sites excluding steroid dienone is 3. The second-order valence-electron chi connectivity index (χ2n) is 9.91. The van der Waals surface area contributed by atoms with Crippen molar-refractivity contribution >= 4 is 11.8 Å². The molecule has 0 aromatic heterocycles. The number of hydrogen-bond donors (Lipinski definition) is 1. The van der Waals surface area contributed by atoms with Crippen molar-refractivity contribution < 1.29 is 32.9 Å². The van der Waals surface area contributed by atoms with Gasteiger partial charge in [-0.1, -0.05) is 12.1 Å². The lowest BCUT2D eigenvalue weighted by Gasteiger charge is -2.37. The van der Waals surface area contributed by atoms with Gasteiger partial charge in [-0.15, -0.1) is 0 Å². The zero-order valence-corrected chi connectivity index (χ0v) is 21.8. The lowest BCUT2D eigenvalue weighted by atomic mass is 9.71. The van der Waals surface area contributed by atoms with Crippen molar-refractivity contribution in [1.82, 2.24) is 5.32 Å². The van der Waals surface area contributed by atoms with Crippen LogP contribution in [0.1, 0.15) is 55.6 Å². The normalized spacial score (nSPS) is 23.2. The van der Waals surface area contributed by atoms with Crippen LogP contribution in [-0.4, -0.2) is 45.3 Å². The predicted octanol–water partition coefficient (Wildman–Crippen LogP) is 4.93. The summed E-state index contributed by atoms with van der Waals surface area (Å²) in [5.74, 6) is -0.589. The predicted molar refractivity (Wildman–Crippen MR) is 138 cm³/mol. The second-order valence-corrected chi connectivity index (χ2v) is 9.91. The zero-order chi connectivity index (χ0) is 26.8. The van der Waals surface area contributed by atoms with E-state index in [1.165, 1.54) is 12.1 Å². The maximum absolute atomic E-state index is 13.8. The Morgan fingerprint density at radius 1 is 1.11 bits per heavy atom. The summed E-state index contributed by atoms with van der Waals surface area (Å²) in [5, 5.41) is 3.34. The van der Waals surface area contributed by atoms with Crippen molar-refractivity contribution in [2.24, 2.45) is 0 Å². The second kappa shape index (κ2) is 11.0. The Kier molecular flexibility index (Phi) is 7.51. The van der Waals surface area contributed by atoms with Crippen LogP contribution < -0.4 is 14.8 Å². The topological polar surface area (TPSA) is 83.1 Å². The number of carbonyl (C=O) groups excluding carboxylic acids is 2. The van der Waals surface area contributed by atoms with E-state index in [2.05, 4.69) is 5.32 Å². The van der Waals surface area contributed by atoms with Crippen LogP contribution in [0.4, 0.5) is 4.39 Å². The molecule has 0 amide bonds. The smallest absolute Gasteiger partial charge is 0.336 e. The standard InChI is InChI=1S/C30H32FNO6/c1-17-27(30(34)38-16-22-5-4-12-37-22)28(23-15-21(35-2)10-11-26(23)36-3)29-24(32-17)13-19(14-25(29)33)18-6-8-20(31)9-7-18/h6-11,15,19,22,28,32H,4-5,12-14,16H2,1-3H3/t19-,22+,28-/m0/s1. The van der Waals surface area contributed by atoms with E-state index in [1.807, 2.05) is 6.92 Å². The van der Waals surface area contributed by atoms with E-state index in [4.69, 9.17) is 18.9 Å². The number of esters is 1. The molecular formula is C30H32FNO6. The number of methoxy groups -OCH3 is 2. The van der Waals surface area contributed by atoms with Crippen LogP contribution in [0.5, 0.6) is 11.5 Å². The number of carbonyl (C=O) groups is 2. The van der Waals surface area contributed by atoms with Gasteiger partial charge in [0.05, 0.1) is 31.8 Å². The van der Waals surface area contributed by atoms with Gasteiger partial charge >= 0.3 is 5.97 Å². The molecule has 1 saturated heterocycles. The molecule has 0 spiro atoms. The summed E-state index contributed by atoms with van der Waals surface area (Å²) in [6.07, 6.45) is 2.45. The molecule has 200 valence electrons. The lowest BCUT2D eigenvalue weighted by Crippen LogP contribution is -2.36. The summed E-state index contributed by atoms with van der Waals surface area (Å²) in [6.45, 7) is 2.64. The third-order valence-electron chi connectivity index (χ3n) is 7.56. The number of ether oxygens (including phenoxy) is 4. The van der Waals surface area contributed by atoms with E-state index in [9.17, 15) is 14.0 Å². The first-order valence-corrected chi connectivity index (χ1v) is 12.9. The fourth-order valence-corrected chi connectivity index (χ4v) is 5.68. The number of rotatable bonds is 7. The molecule has 3 atom stereocenters. The number of Topliss-reactive ketones (excluding diaryl/α,β-unsaturated/α-hetero) is 1. The molecule has 3 aliphatic rings. The highest BCUT2D eigenvalue weighted by atomic mass is 19.1. The Morgan fingerprint density at radius 3 is 2.58 bits per heavy atom. The molecule has 2 aromatic carbocycles. The van der Waals surface area contributed by atoms with Crippen LogP contribution in [-0.2, 0) is 19.1 Å².